The molecule has 0 aliphatic carbocycles. The first-order chi connectivity index (χ1) is 13.8. The van der Waals surface area contributed by atoms with E-state index in [0.717, 1.165) is 38.7 Å². The molecular formula is C22H20BrN3O3. The predicted molar refractivity (Wildman–Crippen MR) is 114 cm³/mol. The zero-order valence-electron chi connectivity index (χ0n) is 16.5. The Kier molecular flexibility index (Phi) is 4.15. The van der Waals surface area contributed by atoms with Crippen LogP contribution in [0, 0.1) is 6.92 Å². The molecule has 1 aliphatic heterocycles. The highest BCUT2D eigenvalue weighted by Gasteiger charge is 2.31. The first kappa shape index (κ1) is 18.5. The summed E-state index contributed by atoms with van der Waals surface area (Å²) < 4.78 is 14.5. The summed E-state index contributed by atoms with van der Waals surface area (Å²) in [4.78, 5) is 22.3. The number of rotatable bonds is 2. The van der Waals surface area contributed by atoms with Crippen LogP contribution in [0.3, 0.4) is 0 Å². The monoisotopic (exact) mass is 453 g/mol. The summed E-state index contributed by atoms with van der Waals surface area (Å²) in [6.45, 7) is 7.02. The molecular weight excluding hydrogens is 434 g/mol. The molecule has 0 N–H and O–H groups in total. The van der Waals surface area contributed by atoms with Crippen molar-refractivity contribution < 1.29 is 9.15 Å². The van der Waals surface area contributed by atoms with Gasteiger partial charge in [0.25, 0.3) is 5.56 Å². The van der Waals surface area contributed by atoms with Gasteiger partial charge in [0.05, 0.1) is 30.5 Å². The molecule has 0 saturated carbocycles. The van der Waals surface area contributed by atoms with E-state index in [-0.39, 0.29) is 16.7 Å². The average molecular weight is 454 g/mol. The highest BCUT2D eigenvalue weighted by atomic mass is 79.9. The molecule has 4 aromatic rings. The number of hydrogen-bond acceptors (Lipinski definition) is 5. The summed E-state index contributed by atoms with van der Waals surface area (Å²) >= 11 is 3.43. The van der Waals surface area contributed by atoms with Gasteiger partial charge in [-0.05, 0) is 44.0 Å². The lowest BCUT2D eigenvalue weighted by Gasteiger charge is -2.32. The molecule has 0 saturated heterocycles. The fourth-order valence-corrected chi connectivity index (χ4v) is 4.22. The summed E-state index contributed by atoms with van der Waals surface area (Å²) in [6.07, 6.45) is 2.32. The fourth-order valence-electron chi connectivity index (χ4n) is 3.96. The zero-order valence-corrected chi connectivity index (χ0v) is 18.0. The van der Waals surface area contributed by atoms with Crippen LogP contribution in [0.4, 0.5) is 0 Å². The Morgan fingerprint density at radius 1 is 1.21 bits per heavy atom. The molecule has 0 amide bonds. The van der Waals surface area contributed by atoms with Gasteiger partial charge in [0.15, 0.2) is 0 Å². The summed E-state index contributed by atoms with van der Waals surface area (Å²) in [6, 6.07) is 7.86. The number of aromatic nitrogens is 3. The number of ether oxygens (including phenoxy) is 1. The minimum atomic E-state index is -0.284. The van der Waals surface area contributed by atoms with Crippen molar-refractivity contribution in [3.05, 3.63) is 67.8 Å². The summed E-state index contributed by atoms with van der Waals surface area (Å²) in [5.74, 6) is 0. The maximum Gasteiger partial charge on any atom is 0.297 e. The van der Waals surface area contributed by atoms with Crippen molar-refractivity contribution in [3.63, 3.8) is 0 Å². The normalized spacial score (nSPS) is 15.7. The van der Waals surface area contributed by atoms with Crippen LogP contribution in [-0.4, -0.2) is 20.1 Å². The van der Waals surface area contributed by atoms with Crippen LogP contribution in [0.5, 0.6) is 0 Å². The molecule has 3 aromatic heterocycles. The van der Waals surface area contributed by atoms with E-state index in [9.17, 15) is 4.79 Å². The van der Waals surface area contributed by atoms with E-state index in [1.807, 2.05) is 31.2 Å². The molecule has 29 heavy (non-hydrogen) atoms. The smallest absolute Gasteiger partial charge is 0.297 e. The Morgan fingerprint density at radius 2 is 1.97 bits per heavy atom. The van der Waals surface area contributed by atoms with Crippen LogP contribution < -0.4 is 5.56 Å². The Labute approximate surface area is 175 Å². The molecule has 6 nitrogen and oxygen atoms in total. The number of nitrogens with zero attached hydrogens (tertiary/aromatic N) is 3. The van der Waals surface area contributed by atoms with Gasteiger partial charge in [-0.2, -0.15) is 0 Å². The van der Waals surface area contributed by atoms with Gasteiger partial charge in [0.1, 0.15) is 5.52 Å². The fraction of sp³-hybridized carbons (Fsp3) is 0.318. The van der Waals surface area contributed by atoms with Gasteiger partial charge in [0.2, 0.25) is 11.3 Å². The van der Waals surface area contributed by atoms with Crippen molar-refractivity contribution in [1.29, 1.82) is 0 Å². The van der Waals surface area contributed by atoms with Crippen LogP contribution in [0.15, 0.2) is 44.3 Å². The predicted octanol–water partition coefficient (Wildman–Crippen LogP) is 4.51. The van der Waals surface area contributed by atoms with E-state index in [2.05, 4.69) is 39.7 Å². The number of pyridine rings is 1. The second-order valence-electron chi connectivity index (χ2n) is 8.14. The van der Waals surface area contributed by atoms with Crippen molar-refractivity contribution in [2.45, 2.75) is 45.9 Å². The molecule has 0 radical (unpaired) electrons. The van der Waals surface area contributed by atoms with E-state index in [1.54, 1.807) is 10.9 Å². The number of aryl methyl sites for hydroxylation is 1. The number of furan rings is 1. The Morgan fingerprint density at radius 3 is 2.72 bits per heavy atom. The van der Waals surface area contributed by atoms with Gasteiger partial charge in [-0.15, -0.1) is 0 Å². The molecule has 0 bridgehead atoms. The molecule has 0 spiro atoms. The van der Waals surface area contributed by atoms with Gasteiger partial charge in [-0.25, -0.2) is 9.97 Å². The summed E-state index contributed by atoms with van der Waals surface area (Å²) in [5, 5.41) is 0.838. The quantitative estimate of drug-likeness (QED) is 0.446. The third-order valence-electron chi connectivity index (χ3n) is 5.49. The lowest BCUT2D eigenvalue weighted by atomic mass is 9.89. The first-order valence-electron chi connectivity index (χ1n) is 9.51. The summed E-state index contributed by atoms with van der Waals surface area (Å²) in [7, 11) is 0. The number of fused-ring (bicyclic) bond motifs is 5. The standard InChI is InChI=1S/C22H20BrN3O3/c1-12-16-10-28-22(2,3)8-15(16)17-18-19(29-20(17)25-12)21(27)26(11-24-18)9-13-4-6-14(23)7-5-13/h4-7,11H,8-10H2,1-3H3. The van der Waals surface area contributed by atoms with Gasteiger partial charge in [-0.1, -0.05) is 28.1 Å². The molecule has 0 fully saturated rings. The minimum Gasteiger partial charge on any atom is -0.430 e. The topological polar surface area (TPSA) is 70.2 Å². The molecule has 0 unspecified atom stereocenters. The minimum absolute atomic E-state index is 0.200. The van der Waals surface area contributed by atoms with Crippen LogP contribution >= 0.6 is 15.9 Å². The zero-order chi connectivity index (χ0) is 20.3. The second-order valence-corrected chi connectivity index (χ2v) is 9.06. The molecule has 0 atom stereocenters. The third kappa shape index (κ3) is 3.09. The van der Waals surface area contributed by atoms with E-state index in [0.29, 0.717) is 24.4 Å². The van der Waals surface area contributed by atoms with E-state index >= 15 is 0 Å². The molecule has 1 aliphatic rings. The third-order valence-corrected chi connectivity index (χ3v) is 6.02. The highest BCUT2D eigenvalue weighted by Crippen LogP contribution is 2.37. The molecule has 7 heteroatoms. The maximum atomic E-state index is 13.1. The van der Waals surface area contributed by atoms with E-state index < -0.39 is 0 Å². The largest absolute Gasteiger partial charge is 0.430 e. The number of benzene rings is 1. The molecule has 5 rings (SSSR count). The Bertz CT molecular complexity index is 1320. The van der Waals surface area contributed by atoms with Crippen LogP contribution in [0.1, 0.15) is 36.2 Å². The Balaban J connectivity index is 1.70. The van der Waals surface area contributed by atoms with Crippen LogP contribution in [0.2, 0.25) is 0 Å². The average Bonchev–Trinajstić information content (AvgIpc) is 3.04. The van der Waals surface area contributed by atoms with Crippen molar-refractivity contribution >= 4 is 38.1 Å². The van der Waals surface area contributed by atoms with Crippen LogP contribution in [0.25, 0.3) is 22.2 Å². The van der Waals surface area contributed by atoms with E-state index in [4.69, 9.17) is 9.15 Å². The highest BCUT2D eigenvalue weighted by molar-refractivity contribution is 9.10. The van der Waals surface area contributed by atoms with Crippen molar-refractivity contribution in [1.82, 2.24) is 14.5 Å². The van der Waals surface area contributed by atoms with Crippen LogP contribution in [-0.2, 0) is 24.3 Å². The van der Waals surface area contributed by atoms with Crippen molar-refractivity contribution in [2.75, 3.05) is 0 Å². The first-order valence-corrected chi connectivity index (χ1v) is 10.3. The molecule has 148 valence electrons. The summed E-state index contributed by atoms with van der Waals surface area (Å²) in [5.41, 5.74) is 4.90. The second kappa shape index (κ2) is 6.50. The number of hydrogen-bond donors (Lipinski definition) is 0. The Hall–Kier alpha value is -2.51. The molecule has 4 heterocycles. The van der Waals surface area contributed by atoms with Crippen molar-refractivity contribution in [2.24, 2.45) is 0 Å². The lowest BCUT2D eigenvalue weighted by Crippen LogP contribution is -2.32. The van der Waals surface area contributed by atoms with Gasteiger partial charge < -0.3 is 9.15 Å². The van der Waals surface area contributed by atoms with Gasteiger partial charge in [0, 0.05) is 22.2 Å². The van der Waals surface area contributed by atoms with Crippen molar-refractivity contribution in [3.8, 4) is 0 Å². The van der Waals surface area contributed by atoms with E-state index in [1.165, 1.54) is 0 Å². The lowest BCUT2D eigenvalue weighted by molar-refractivity contribution is -0.0400. The SMILES string of the molecule is Cc1nc2oc3c(=O)n(Cc4ccc(Br)cc4)cnc3c2c2c1COC(C)(C)C2. The number of halogens is 1. The maximum absolute atomic E-state index is 13.1. The van der Waals surface area contributed by atoms with Gasteiger partial charge >= 0.3 is 0 Å². The van der Waals surface area contributed by atoms with Gasteiger partial charge in [-0.3, -0.25) is 9.36 Å². The molecule has 1 aromatic carbocycles.